The van der Waals surface area contributed by atoms with E-state index in [1.54, 1.807) is 11.8 Å². The zero-order chi connectivity index (χ0) is 13.4. The summed E-state index contributed by atoms with van der Waals surface area (Å²) in [5.41, 5.74) is 6.39. The molecule has 0 spiro atoms. The molecule has 1 rings (SSSR count). The number of benzene rings is 1. The molecule has 0 saturated carbocycles. The predicted molar refractivity (Wildman–Crippen MR) is 77.5 cm³/mol. The van der Waals surface area contributed by atoms with Crippen LogP contribution in [-0.4, -0.2) is 18.2 Å². The predicted octanol–water partition coefficient (Wildman–Crippen LogP) is 2.40. The maximum Gasteiger partial charge on any atom is 0.218 e. The van der Waals surface area contributed by atoms with Crippen molar-refractivity contribution < 1.29 is 4.79 Å². The minimum absolute atomic E-state index is 0.239. The average Bonchev–Trinajstić information content (AvgIpc) is 2.30. The molecule has 1 aromatic rings. The lowest BCUT2D eigenvalue weighted by Crippen LogP contribution is -2.18. The lowest BCUT2D eigenvalue weighted by Gasteiger charge is -2.08. The minimum Gasteiger partial charge on any atom is -0.370 e. The van der Waals surface area contributed by atoms with Crippen LogP contribution in [-0.2, 0) is 11.3 Å². The number of primary amides is 1. The normalized spacial score (nSPS) is 10.8. The van der Waals surface area contributed by atoms with Gasteiger partial charge in [-0.3, -0.25) is 4.79 Å². The van der Waals surface area contributed by atoms with Crippen molar-refractivity contribution in [2.75, 3.05) is 12.3 Å². The summed E-state index contributed by atoms with van der Waals surface area (Å²) in [6, 6.07) is 8.44. The summed E-state index contributed by atoms with van der Waals surface area (Å²) in [7, 11) is 0. The van der Waals surface area contributed by atoms with Crippen molar-refractivity contribution in [1.82, 2.24) is 5.32 Å². The molecule has 3 nitrogen and oxygen atoms in total. The van der Waals surface area contributed by atoms with Gasteiger partial charge in [-0.1, -0.05) is 26.0 Å². The third-order valence-corrected chi connectivity index (χ3v) is 3.44. The van der Waals surface area contributed by atoms with Crippen LogP contribution >= 0.6 is 11.8 Å². The topological polar surface area (TPSA) is 55.1 Å². The van der Waals surface area contributed by atoms with Crippen LogP contribution in [0.1, 0.15) is 25.8 Å². The van der Waals surface area contributed by atoms with Gasteiger partial charge in [0.05, 0.1) is 0 Å². The Morgan fingerprint density at radius 2 is 2.00 bits per heavy atom. The summed E-state index contributed by atoms with van der Waals surface area (Å²) in [5.74, 6) is 1.19. The molecular formula is C14H22N2OS. The highest BCUT2D eigenvalue weighted by Crippen LogP contribution is 2.19. The number of thioether (sulfide) groups is 1. The van der Waals surface area contributed by atoms with Crippen LogP contribution in [0.15, 0.2) is 29.2 Å². The van der Waals surface area contributed by atoms with E-state index in [9.17, 15) is 4.79 Å². The van der Waals surface area contributed by atoms with E-state index >= 15 is 0 Å². The van der Waals surface area contributed by atoms with Gasteiger partial charge in [0, 0.05) is 23.6 Å². The monoisotopic (exact) mass is 266 g/mol. The van der Waals surface area contributed by atoms with E-state index < -0.39 is 0 Å². The molecule has 100 valence electrons. The van der Waals surface area contributed by atoms with Crippen molar-refractivity contribution in [2.45, 2.75) is 31.7 Å². The number of carbonyl (C=O) groups is 1. The molecular weight excluding hydrogens is 244 g/mol. The minimum atomic E-state index is -0.239. The van der Waals surface area contributed by atoms with Crippen LogP contribution in [0.2, 0.25) is 0 Å². The Bertz CT molecular complexity index is 363. The van der Waals surface area contributed by atoms with Crippen molar-refractivity contribution in [1.29, 1.82) is 0 Å². The Balaban J connectivity index is 2.31. The van der Waals surface area contributed by atoms with Crippen LogP contribution in [0.25, 0.3) is 0 Å². The standard InChI is InChI=1S/C14H22N2OS/c1-11(2)9-16-10-12-3-5-13(6-4-12)18-8-7-14(15)17/h3-6,11,16H,7-10H2,1-2H3,(H2,15,17). The second kappa shape index (κ2) is 8.16. The molecule has 1 amide bonds. The molecule has 0 saturated heterocycles. The lowest BCUT2D eigenvalue weighted by molar-refractivity contribution is -0.117. The number of nitrogens with one attached hydrogen (secondary N) is 1. The summed E-state index contributed by atoms with van der Waals surface area (Å²) in [4.78, 5) is 11.8. The molecule has 4 heteroatoms. The fraction of sp³-hybridized carbons (Fsp3) is 0.500. The zero-order valence-electron chi connectivity index (χ0n) is 11.1. The van der Waals surface area contributed by atoms with Crippen LogP contribution in [0.3, 0.4) is 0 Å². The first kappa shape index (κ1) is 15.1. The Labute approximate surface area is 114 Å². The van der Waals surface area contributed by atoms with Gasteiger partial charge in [-0.2, -0.15) is 0 Å². The van der Waals surface area contributed by atoms with Gasteiger partial charge in [-0.05, 0) is 30.2 Å². The van der Waals surface area contributed by atoms with Gasteiger partial charge in [0.15, 0.2) is 0 Å². The maximum atomic E-state index is 10.6. The van der Waals surface area contributed by atoms with E-state index in [-0.39, 0.29) is 5.91 Å². The van der Waals surface area contributed by atoms with Crippen molar-refractivity contribution in [2.24, 2.45) is 11.7 Å². The van der Waals surface area contributed by atoms with Gasteiger partial charge in [0.1, 0.15) is 0 Å². The van der Waals surface area contributed by atoms with Crippen LogP contribution < -0.4 is 11.1 Å². The highest BCUT2D eigenvalue weighted by atomic mass is 32.2. The Morgan fingerprint density at radius 1 is 1.33 bits per heavy atom. The maximum absolute atomic E-state index is 10.6. The largest absolute Gasteiger partial charge is 0.370 e. The molecule has 0 aliphatic heterocycles. The molecule has 0 aliphatic carbocycles. The third-order valence-electron chi connectivity index (χ3n) is 2.42. The third kappa shape index (κ3) is 6.67. The van der Waals surface area contributed by atoms with Gasteiger partial charge >= 0.3 is 0 Å². The van der Waals surface area contributed by atoms with Crippen LogP contribution in [0.5, 0.6) is 0 Å². The molecule has 1 aromatic carbocycles. The zero-order valence-corrected chi connectivity index (χ0v) is 11.9. The number of nitrogens with two attached hydrogens (primary N) is 1. The van der Waals surface area contributed by atoms with E-state index in [1.165, 1.54) is 10.5 Å². The van der Waals surface area contributed by atoms with Gasteiger partial charge < -0.3 is 11.1 Å². The number of carbonyl (C=O) groups excluding carboxylic acids is 1. The van der Waals surface area contributed by atoms with Crippen molar-refractivity contribution >= 4 is 17.7 Å². The number of hydrogen-bond donors (Lipinski definition) is 2. The number of rotatable bonds is 8. The highest BCUT2D eigenvalue weighted by Gasteiger charge is 1.99. The fourth-order valence-corrected chi connectivity index (χ4v) is 2.35. The van der Waals surface area contributed by atoms with Crippen LogP contribution in [0.4, 0.5) is 0 Å². The molecule has 0 radical (unpaired) electrons. The van der Waals surface area contributed by atoms with Gasteiger partial charge in [0.25, 0.3) is 0 Å². The molecule has 0 heterocycles. The number of amides is 1. The Kier molecular flexibility index (Phi) is 6.83. The summed E-state index contributed by atoms with van der Waals surface area (Å²) < 4.78 is 0. The number of hydrogen-bond acceptors (Lipinski definition) is 3. The van der Waals surface area contributed by atoms with Crippen LogP contribution in [0, 0.1) is 5.92 Å². The molecule has 18 heavy (non-hydrogen) atoms. The summed E-state index contributed by atoms with van der Waals surface area (Å²) >= 11 is 1.66. The molecule has 0 unspecified atom stereocenters. The fourth-order valence-electron chi connectivity index (χ4n) is 1.48. The molecule has 0 bridgehead atoms. The first-order valence-corrected chi connectivity index (χ1v) is 7.27. The van der Waals surface area contributed by atoms with E-state index in [4.69, 9.17) is 5.73 Å². The first-order chi connectivity index (χ1) is 8.58. The summed E-state index contributed by atoms with van der Waals surface area (Å²) in [5, 5.41) is 3.41. The SMILES string of the molecule is CC(C)CNCc1ccc(SCCC(N)=O)cc1. The van der Waals surface area contributed by atoms with E-state index in [1.807, 2.05) is 0 Å². The van der Waals surface area contributed by atoms with Crippen molar-refractivity contribution in [3.63, 3.8) is 0 Å². The first-order valence-electron chi connectivity index (χ1n) is 6.28. The van der Waals surface area contributed by atoms with Gasteiger partial charge in [-0.25, -0.2) is 0 Å². The van der Waals surface area contributed by atoms with E-state index in [0.29, 0.717) is 12.3 Å². The molecule has 3 N–H and O–H groups in total. The smallest absolute Gasteiger partial charge is 0.218 e. The lowest BCUT2D eigenvalue weighted by atomic mass is 10.2. The molecule has 0 atom stereocenters. The van der Waals surface area contributed by atoms with Crippen molar-refractivity contribution in [3.8, 4) is 0 Å². The highest BCUT2D eigenvalue weighted by molar-refractivity contribution is 7.99. The Hall–Kier alpha value is -1.00. The van der Waals surface area contributed by atoms with E-state index in [2.05, 4.69) is 43.4 Å². The molecule has 0 aromatic heterocycles. The van der Waals surface area contributed by atoms with E-state index in [0.717, 1.165) is 18.8 Å². The van der Waals surface area contributed by atoms with Crippen molar-refractivity contribution in [3.05, 3.63) is 29.8 Å². The molecule has 0 aliphatic rings. The second-order valence-corrected chi connectivity index (χ2v) is 5.90. The summed E-state index contributed by atoms with van der Waals surface area (Å²) in [6.45, 7) is 6.34. The average molecular weight is 266 g/mol. The summed E-state index contributed by atoms with van der Waals surface area (Å²) in [6.07, 6.45) is 0.433. The Morgan fingerprint density at radius 3 is 2.56 bits per heavy atom. The molecule has 0 fully saturated rings. The van der Waals surface area contributed by atoms with Gasteiger partial charge in [0.2, 0.25) is 5.91 Å². The quantitative estimate of drug-likeness (QED) is 0.710. The second-order valence-electron chi connectivity index (χ2n) is 4.73. The van der Waals surface area contributed by atoms with Gasteiger partial charge in [-0.15, -0.1) is 11.8 Å².